The number of carbonyl (C=O) groups is 2. The van der Waals surface area contributed by atoms with Crippen LogP contribution in [0, 0.1) is 5.82 Å². The Morgan fingerprint density at radius 3 is 2.42 bits per heavy atom. The molecule has 0 saturated carbocycles. The van der Waals surface area contributed by atoms with Gasteiger partial charge in [-0.3, -0.25) is 14.5 Å². The summed E-state index contributed by atoms with van der Waals surface area (Å²) in [4.78, 5) is 28.7. The van der Waals surface area contributed by atoms with E-state index in [9.17, 15) is 14.0 Å². The van der Waals surface area contributed by atoms with Gasteiger partial charge in [-0.25, -0.2) is 4.39 Å². The van der Waals surface area contributed by atoms with Gasteiger partial charge in [-0.15, -0.1) is 0 Å². The lowest BCUT2D eigenvalue weighted by atomic mass is 10.1. The number of carbonyl (C=O) groups excluding carboxylic acids is 2. The summed E-state index contributed by atoms with van der Waals surface area (Å²) in [6, 6.07) is 8.77. The summed E-state index contributed by atoms with van der Waals surface area (Å²) in [7, 11) is 0. The second-order valence-corrected chi connectivity index (χ2v) is 6.23. The van der Waals surface area contributed by atoms with Crippen LogP contribution in [0.25, 0.3) is 0 Å². The molecule has 1 saturated heterocycles. The van der Waals surface area contributed by atoms with Gasteiger partial charge in [0.25, 0.3) is 5.91 Å². The third kappa shape index (κ3) is 4.11. The second kappa shape index (κ2) is 8.14. The van der Waals surface area contributed by atoms with E-state index in [1.807, 2.05) is 6.92 Å². The molecule has 1 atom stereocenters. The number of hydrogen-bond donors (Lipinski definition) is 1. The highest BCUT2D eigenvalue weighted by Crippen LogP contribution is 2.15. The molecule has 7 heteroatoms. The summed E-state index contributed by atoms with van der Waals surface area (Å²) >= 11 is 0. The van der Waals surface area contributed by atoms with E-state index in [1.165, 1.54) is 18.4 Å². The van der Waals surface area contributed by atoms with Gasteiger partial charge >= 0.3 is 0 Å². The Bertz CT molecular complexity index is 738. The lowest BCUT2D eigenvalue weighted by molar-refractivity contribution is -0.122. The Kier molecular flexibility index (Phi) is 5.68. The standard InChI is InChI=1S/C19H22FN3O3/c1-2-16(18(24)21-15-7-5-14(20)6-8-15)22-9-11-23(12-10-22)19(25)17-4-3-13-26-17/h3-8,13,16H,2,9-12H2,1H3,(H,21,24). The van der Waals surface area contributed by atoms with Crippen LogP contribution in [0.1, 0.15) is 23.9 Å². The van der Waals surface area contributed by atoms with E-state index in [0.29, 0.717) is 44.0 Å². The summed E-state index contributed by atoms with van der Waals surface area (Å²) in [6.07, 6.45) is 2.13. The molecule has 26 heavy (non-hydrogen) atoms. The summed E-state index contributed by atoms with van der Waals surface area (Å²) < 4.78 is 18.1. The maximum absolute atomic E-state index is 13.0. The molecule has 1 aliphatic rings. The topological polar surface area (TPSA) is 65.8 Å². The minimum absolute atomic E-state index is 0.120. The first-order valence-electron chi connectivity index (χ1n) is 8.71. The largest absolute Gasteiger partial charge is 0.459 e. The fourth-order valence-corrected chi connectivity index (χ4v) is 3.16. The maximum Gasteiger partial charge on any atom is 0.289 e. The molecule has 0 aliphatic carbocycles. The number of furan rings is 1. The summed E-state index contributed by atoms with van der Waals surface area (Å²) in [5, 5.41) is 2.83. The number of benzene rings is 1. The number of nitrogens with one attached hydrogen (secondary N) is 1. The van der Waals surface area contributed by atoms with E-state index in [-0.39, 0.29) is 23.7 Å². The Balaban J connectivity index is 1.56. The molecular weight excluding hydrogens is 337 g/mol. The molecule has 2 amide bonds. The first-order valence-corrected chi connectivity index (χ1v) is 8.71. The number of halogens is 1. The fraction of sp³-hybridized carbons (Fsp3) is 0.368. The molecule has 1 N–H and O–H groups in total. The van der Waals surface area contributed by atoms with Crippen LogP contribution in [0.15, 0.2) is 47.1 Å². The van der Waals surface area contributed by atoms with Crippen molar-refractivity contribution in [3.63, 3.8) is 0 Å². The Labute approximate surface area is 151 Å². The van der Waals surface area contributed by atoms with Crippen molar-refractivity contribution in [2.75, 3.05) is 31.5 Å². The number of amides is 2. The Morgan fingerprint density at radius 2 is 1.85 bits per heavy atom. The van der Waals surface area contributed by atoms with Gasteiger partial charge in [-0.05, 0) is 42.8 Å². The third-order valence-corrected chi connectivity index (χ3v) is 4.58. The van der Waals surface area contributed by atoms with Crippen LogP contribution in [0.2, 0.25) is 0 Å². The first kappa shape index (κ1) is 18.1. The van der Waals surface area contributed by atoms with Crippen molar-refractivity contribution in [1.82, 2.24) is 9.80 Å². The minimum Gasteiger partial charge on any atom is -0.459 e. The number of nitrogens with zero attached hydrogens (tertiary/aromatic N) is 2. The van der Waals surface area contributed by atoms with E-state index in [2.05, 4.69) is 10.2 Å². The van der Waals surface area contributed by atoms with Gasteiger partial charge in [0.1, 0.15) is 5.82 Å². The van der Waals surface area contributed by atoms with Crippen molar-refractivity contribution in [2.24, 2.45) is 0 Å². The number of rotatable bonds is 5. The molecule has 1 fully saturated rings. The zero-order valence-electron chi connectivity index (χ0n) is 14.7. The molecule has 0 bridgehead atoms. The summed E-state index contributed by atoms with van der Waals surface area (Å²) in [5.41, 5.74) is 0.571. The first-order chi connectivity index (χ1) is 12.6. The highest BCUT2D eigenvalue weighted by Gasteiger charge is 2.30. The van der Waals surface area contributed by atoms with Crippen LogP contribution >= 0.6 is 0 Å². The van der Waals surface area contributed by atoms with Crippen molar-refractivity contribution in [2.45, 2.75) is 19.4 Å². The normalized spacial score (nSPS) is 16.3. The summed E-state index contributed by atoms with van der Waals surface area (Å²) in [5.74, 6) is -0.254. The molecule has 1 unspecified atom stereocenters. The van der Waals surface area contributed by atoms with Crippen molar-refractivity contribution in [3.8, 4) is 0 Å². The summed E-state index contributed by atoms with van der Waals surface area (Å²) in [6.45, 7) is 4.26. The molecule has 2 aromatic rings. The van der Waals surface area contributed by atoms with Crippen LogP contribution in [0.5, 0.6) is 0 Å². The van der Waals surface area contributed by atoms with Crippen LogP contribution in [-0.2, 0) is 4.79 Å². The van der Waals surface area contributed by atoms with Crippen LogP contribution < -0.4 is 5.32 Å². The number of piperazine rings is 1. The second-order valence-electron chi connectivity index (χ2n) is 6.23. The molecule has 6 nitrogen and oxygen atoms in total. The van der Waals surface area contributed by atoms with E-state index in [1.54, 1.807) is 29.2 Å². The van der Waals surface area contributed by atoms with Crippen LogP contribution in [0.4, 0.5) is 10.1 Å². The molecule has 3 rings (SSSR count). The third-order valence-electron chi connectivity index (χ3n) is 4.58. The molecule has 1 aromatic heterocycles. The van der Waals surface area contributed by atoms with Gasteiger partial charge in [-0.2, -0.15) is 0 Å². The minimum atomic E-state index is -0.340. The van der Waals surface area contributed by atoms with Gasteiger partial charge in [0.2, 0.25) is 5.91 Å². The number of hydrogen-bond acceptors (Lipinski definition) is 4. The van der Waals surface area contributed by atoms with E-state index in [4.69, 9.17) is 4.42 Å². The smallest absolute Gasteiger partial charge is 0.289 e. The van der Waals surface area contributed by atoms with E-state index < -0.39 is 0 Å². The predicted molar refractivity (Wildman–Crippen MR) is 95.3 cm³/mol. The highest BCUT2D eigenvalue weighted by molar-refractivity contribution is 5.95. The van der Waals surface area contributed by atoms with E-state index >= 15 is 0 Å². The molecule has 2 heterocycles. The maximum atomic E-state index is 13.0. The van der Waals surface area contributed by atoms with Gasteiger partial charge in [0, 0.05) is 31.9 Å². The molecular formula is C19H22FN3O3. The molecule has 0 spiro atoms. The van der Waals surface area contributed by atoms with Crippen LogP contribution in [0.3, 0.4) is 0 Å². The quantitative estimate of drug-likeness (QED) is 0.891. The van der Waals surface area contributed by atoms with Crippen molar-refractivity contribution < 1.29 is 18.4 Å². The highest BCUT2D eigenvalue weighted by atomic mass is 19.1. The Hall–Kier alpha value is -2.67. The molecule has 138 valence electrons. The zero-order chi connectivity index (χ0) is 18.5. The van der Waals surface area contributed by atoms with Crippen LogP contribution in [-0.4, -0.2) is 53.8 Å². The van der Waals surface area contributed by atoms with Gasteiger partial charge in [-0.1, -0.05) is 6.92 Å². The van der Waals surface area contributed by atoms with Gasteiger partial charge < -0.3 is 14.6 Å². The molecule has 0 radical (unpaired) electrons. The fourth-order valence-electron chi connectivity index (χ4n) is 3.16. The predicted octanol–water partition coefficient (Wildman–Crippen LogP) is 2.59. The van der Waals surface area contributed by atoms with E-state index in [0.717, 1.165) is 0 Å². The number of anilines is 1. The SMILES string of the molecule is CCC(C(=O)Nc1ccc(F)cc1)N1CCN(C(=O)c2ccco2)CC1. The van der Waals surface area contributed by atoms with Gasteiger partial charge in [0.15, 0.2) is 5.76 Å². The molecule has 1 aromatic carbocycles. The van der Waals surface area contributed by atoms with Crippen molar-refractivity contribution in [1.29, 1.82) is 0 Å². The zero-order valence-corrected chi connectivity index (χ0v) is 14.7. The Morgan fingerprint density at radius 1 is 1.15 bits per heavy atom. The lowest BCUT2D eigenvalue weighted by Gasteiger charge is -2.38. The monoisotopic (exact) mass is 359 g/mol. The average molecular weight is 359 g/mol. The van der Waals surface area contributed by atoms with Gasteiger partial charge in [0.05, 0.1) is 12.3 Å². The average Bonchev–Trinajstić information content (AvgIpc) is 3.19. The molecule has 1 aliphatic heterocycles. The lowest BCUT2D eigenvalue weighted by Crippen LogP contribution is -2.54. The van der Waals surface area contributed by atoms with Crippen molar-refractivity contribution in [3.05, 3.63) is 54.2 Å². The van der Waals surface area contributed by atoms with Crippen molar-refractivity contribution >= 4 is 17.5 Å².